The smallest absolute Gasteiger partial charge is 0.266 e. The lowest BCUT2D eigenvalue weighted by atomic mass is 10.0. The van der Waals surface area contributed by atoms with Gasteiger partial charge in [0.25, 0.3) is 5.91 Å². The molecule has 0 saturated heterocycles. The van der Waals surface area contributed by atoms with Crippen LogP contribution in [0.5, 0.6) is 0 Å². The number of nitrogens with one attached hydrogen (secondary N) is 1. The molecule has 0 saturated carbocycles. The maximum atomic E-state index is 13.2. The van der Waals surface area contributed by atoms with Gasteiger partial charge in [-0.25, -0.2) is 0 Å². The number of nitriles is 1. The molecule has 5 aromatic rings. The molecule has 39 heavy (non-hydrogen) atoms. The molecule has 1 aromatic heterocycles. The first-order valence-corrected chi connectivity index (χ1v) is 13.1. The van der Waals surface area contributed by atoms with Crippen LogP contribution in [0.4, 0.5) is 5.69 Å². The second kappa shape index (κ2) is 11.7. The average Bonchev–Trinajstić information content (AvgIpc) is 3.36. The van der Waals surface area contributed by atoms with E-state index in [-0.39, 0.29) is 5.57 Å². The number of anilines is 1. The van der Waals surface area contributed by atoms with Gasteiger partial charge in [-0.2, -0.15) is 5.26 Å². The van der Waals surface area contributed by atoms with Gasteiger partial charge < -0.3 is 9.88 Å². The molecular formula is C34H26ClN3O. The highest BCUT2D eigenvalue weighted by atomic mass is 35.5. The second-order valence-corrected chi connectivity index (χ2v) is 9.49. The van der Waals surface area contributed by atoms with Gasteiger partial charge in [0.15, 0.2) is 0 Å². The summed E-state index contributed by atoms with van der Waals surface area (Å²) in [6, 6.07) is 39.4. The number of aryl methyl sites for hydroxylation is 1. The van der Waals surface area contributed by atoms with Crippen molar-refractivity contribution in [2.45, 2.75) is 13.3 Å². The maximum Gasteiger partial charge on any atom is 0.266 e. The summed E-state index contributed by atoms with van der Waals surface area (Å²) in [4.78, 5) is 13.2. The Morgan fingerprint density at radius 1 is 0.872 bits per heavy atom. The zero-order chi connectivity index (χ0) is 27.2. The first kappa shape index (κ1) is 25.8. The molecule has 4 aromatic carbocycles. The minimum atomic E-state index is -0.457. The Labute approximate surface area is 233 Å². The van der Waals surface area contributed by atoms with Crippen molar-refractivity contribution in [2.24, 2.45) is 0 Å². The summed E-state index contributed by atoms with van der Waals surface area (Å²) < 4.78 is 2.14. The molecule has 1 N–H and O–H groups in total. The largest absolute Gasteiger partial charge is 0.321 e. The van der Waals surface area contributed by atoms with Crippen molar-refractivity contribution in [3.8, 4) is 34.3 Å². The van der Waals surface area contributed by atoms with Crippen molar-refractivity contribution in [3.63, 3.8) is 0 Å². The van der Waals surface area contributed by atoms with Crippen LogP contribution in [-0.2, 0) is 11.2 Å². The minimum Gasteiger partial charge on any atom is -0.321 e. The number of nitrogens with zero attached hydrogens (tertiary/aromatic N) is 2. The molecule has 0 aliphatic carbocycles. The standard InChI is InChI=1S/C34H26ClN3O/c1-2-24-13-17-30(18-14-24)37-34(39)28(23-36)21-27-22-32(25-9-5-3-6-10-25)38(31-19-15-29(35)16-20-31)33(27)26-11-7-4-8-12-26/h3-22H,2H2,1H3,(H,37,39)/b28-21-. The summed E-state index contributed by atoms with van der Waals surface area (Å²) in [5.74, 6) is -0.457. The summed E-state index contributed by atoms with van der Waals surface area (Å²) >= 11 is 6.22. The van der Waals surface area contributed by atoms with Crippen molar-refractivity contribution in [2.75, 3.05) is 5.32 Å². The number of hydrogen-bond acceptors (Lipinski definition) is 2. The molecule has 0 spiro atoms. The molecule has 0 radical (unpaired) electrons. The molecule has 0 fully saturated rings. The fourth-order valence-electron chi connectivity index (χ4n) is 4.54. The van der Waals surface area contributed by atoms with E-state index in [1.807, 2.05) is 115 Å². The fraction of sp³-hybridized carbons (Fsp3) is 0.0588. The third-order valence-corrected chi connectivity index (χ3v) is 6.77. The number of rotatable bonds is 7. The lowest BCUT2D eigenvalue weighted by molar-refractivity contribution is -0.112. The Morgan fingerprint density at radius 3 is 2.08 bits per heavy atom. The number of aromatic nitrogens is 1. The predicted molar refractivity (Wildman–Crippen MR) is 160 cm³/mol. The van der Waals surface area contributed by atoms with E-state index >= 15 is 0 Å². The molecule has 0 unspecified atom stereocenters. The molecule has 1 heterocycles. The van der Waals surface area contributed by atoms with E-state index in [1.165, 1.54) is 5.56 Å². The van der Waals surface area contributed by atoms with E-state index in [2.05, 4.69) is 22.9 Å². The second-order valence-electron chi connectivity index (χ2n) is 9.05. The van der Waals surface area contributed by atoms with Crippen LogP contribution in [0.15, 0.2) is 121 Å². The summed E-state index contributed by atoms with van der Waals surface area (Å²) in [6.07, 6.45) is 2.57. The monoisotopic (exact) mass is 527 g/mol. The van der Waals surface area contributed by atoms with Gasteiger partial charge in [0.2, 0.25) is 0 Å². The van der Waals surface area contributed by atoms with E-state index in [9.17, 15) is 10.1 Å². The van der Waals surface area contributed by atoms with Crippen molar-refractivity contribution < 1.29 is 4.79 Å². The first-order chi connectivity index (χ1) is 19.1. The molecular weight excluding hydrogens is 502 g/mol. The quantitative estimate of drug-likeness (QED) is 0.170. The predicted octanol–water partition coefficient (Wildman–Crippen LogP) is 8.57. The molecule has 5 heteroatoms. The number of hydrogen-bond donors (Lipinski definition) is 1. The summed E-state index contributed by atoms with van der Waals surface area (Å²) in [5, 5.41) is 13.5. The Balaban J connectivity index is 1.68. The van der Waals surface area contributed by atoms with Gasteiger partial charge in [-0.15, -0.1) is 0 Å². The van der Waals surface area contributed by atoms with Gasteiger partial charge in [0.1, 0.15) is 11.6 Å². The van der Waals surface area contributed by atoms with Crippen LogP contribution in [0.25, 0.3) is 34.3 Å². The minimum absolute atomic E-state index is 0.0135. The summed E-state index contributed by atoms with van der Waals surface area (Å²) in [6.45, 7) is 2.08. The Hall–Kier alpha value is -4.85. The molecule has 0 bridgehead atoms. The van der Waals surface area contributed by atoms with Gasteiger partial charge in [0, 0.05) is 22.0 Å². The molecule has 190 valence electrons. The van der Waals surface area contributed by atoms with Crippen molar-refractivity contribution in [3.05, 3.63) is 137 Å². The van der Waals surface area contributed by atoms with Gasteiger partial charge >= 0.3 is 0 Å². The molecule has 0 aliphatic heterocycles. The number of halogens is 1. The molecule has 1 amide bonds. The molecule has 4 nitrogen and oxygen atoms in total. The Kier molecular flexibility index (Phi) is 7.73. The van der Waals surface area contributed by atoms with E-state index < -0.39 is 5.91 Å². The topological polar surface area (TPSA) is 57.8 Å². The van der Waals surface area contributed by atoms with Crippen LogP contribution >= 0.6 is 11.6 Å². The lowest BCUT2D eigenvalue weighted by Crippen LogP contribution is -2.13. The van der Waals surface area contributed by atoms with E-state index in [0.29, 0.717) is 10.7 Å². The van der Waals surface area contributed by atoms with E-state index in [1.54, 1.807) is 6.08 Å². The normalized spacial score (nSPS) is 11.2. The van der Waals surface area contributed by atoms with Crippen molar-refractivity contribution in [1.29, 1.82) is 5.26 Å². The van der Waals surface area contributed by atoms with Crippen LogP contribution in [0.3, 0.4) is 0 Å². The lowest BCUT2D eigenvalue weighted by Gasteiger charge is -2.15. The van der Waals surface area contributed by atoms with Crippen LogP contribution in [0.2, 0.25) is 5.02 Å². The number of benzene rings is 4. The fourth-order valence-corrected chi connectivity index (χ4v) is 4.66. The van der Waals surface area contributed by atoms with Crippen LogP contribution in [-0.4, -0.2) is 10.5 Å². The van der Waals surface area contributed by atoms with Gasteiger partial charge in [-0.05, 0) is 71.7 Å². The van der Waals surface area contributed by atoms with Crippen LogP contribution in [0, 0.1) is 11.3 Å². The van der Waals surface area contributed by atoms with Gasteiger partial charge in [-0.3, -0.25) is 4.79 Å². The van der Waals surface area contributed by atoms with Crippen molar-refractivity contribution >= 4 is 29.3 Å². The van der Waals surface area contributed by atoms with E-state index in [4.69, 9.17) is 11.6 Å². The zero-order valence-corrected chi connectivity index (χ0v) is 22.2. The van der Waals surface area contributed by atoms with Gasteiger partial charge in [-0.1, -0.05) is 91.3 Å². The number of carbonyl (C=O) groups is 1. The van der Waals surface area contributed by atoms with Crippen LogP contribution in [0.1, 0.15) is 18.1 Å². The molecule has 0 atom stereocenters. The van der Waals surface area contributed by atoms with E-state index in [0.717, 1.165) is 40.2 Å². The third-order valence-electron chi connectivity index (χ3n) is 6.52. The molecule has 5 rings (SSSR count). The average molecular weight is 528 g/mol. The maximum absolute atomic E-state index is 13.2. The van der Waals surface area contributed by atoms with Gasteiger partial charge in [0.05, 0.1) is 11.4 Å². The highest BCUT2D eigenvalue weighted by Crippen LogP contribution is 2.37. The van der Waals surface area contributed by atoms with Crippen LogP contribution < -0.4 is 5.32 Å². The summed E-state index contributed by atoms with van der Waals surface area (Å²) in [7, 11) is 0. The zero-order valence-electron chi connectivity index (χ0n) is 21.4. The summed E-state index contributed by atoms with van der Waals surface area (Å²) in [5.41, 5.74) is 7.25. The van der Waals surface area contributed by atoms with Crippen molar-refractivity contribution in [1.82, 2.24) is 4.57 Å². The highest BCUT2D eigenvalue weighted by Gasteiger charge is 2.20. The first-order valence-electron chi connectivity index (χ1n) is 12.7. The number of carbonyl (C=O) groups excluding carboxylic acids is 1. The third kappa shape index (κ3) is 5.70. The SMILES string of the molecule is CCc1ccc(NC(=O)/C(C#N)=C\c2cc(-c3ccccc3)n(-c3ccc(Cl)cc3)c2-c2ccccc2)cc1. The molecule has 0 aliphatic rings. The number of amides is 1. The highest BCUT2D eigenvalue weighted by molar-refractivity contribution is 6.30. The Morgan fingerprint density at radius 2 is 1.49 bits per heavy atom. The Bertz CT molecular complexity index is 1660.